The van der Waals surface area contributed by atoms with Crippen molar-refractivity contribution in [2.45, 2.75) is 13.8 Å². The zero-order chi connectivity index (χ0) is 15.6. The van der Waals surface area contributed by atoms with Crippen molar-refractivity contribution in [1.29, 1.82) is 0 Å². The van der Waals surface area contributed by atoms with Gasteiger partial charge >= 0.3 is 0 Å². The van der Waals surface area contributed by atoms with E-state index < -0.39 is 7.29 Å². The van der Waals surface area contributed by atoms with Crippen molar-refractivity contribution in [3.8, 4) is 0 Å². The highest BCUT2D eigenvalue weighted by molar-refractivity contribution is 7.80. The molecule has 3 aromatic rings. The van der Waals surface area contributed by atoms with Crippen LogP contribution in [0.1, 0.15) is 11.3 Å². The summed E-state index contributed by atoms with van der Waals surface area (Å²) >= 11 is 0. The molecule has 22 heavy (non-hydrogen) atoms. The Morgan fingerprint density at radius 3 is 1.82 bits per heavy atom. The average molecular weight is 312 g/mol. The molecule has 0 fully saturated rings. The number of benzene rings is 2. The van der Waals surface area contributed by atoms with Gasteiger partial charge in [0.2, 0.25) is 13.2 Å². The minimum absolute atomic E-state index is 0.452. The molecule has 4 nitrogen and oxygen atoms in total. The van der Waals surface area contributed by atoms with Gasteiger partial charge < -0.3 is 4.52 Å². The van der Waals surface area contributed by atoms with E-state index in [1.165, 1.54) is 0 Å². The zero-order valence-electron chi connectivity index (χ0n) is 12.5. The molecule has 1 aromatic heterocycles. The number of aromatic nitrogens is 1. The van der Waals surface area contributed by atoms with Crippen LogP contribution in [0.2, 0.25) is 0 Å². The molecule has 0 unspecified atom stereocenters. The van der Waals surface area contributed by atoms with Crippen LogP contribution in [0.15, 0.2) is 65.2 Å². The average Bonchev–Trinajstić information content (AvgIpc) is 2.88. The third kappa shape index (κ3) is 2.58. The standard InChI is InChI=1S/C17H17N2O2P/c1-13-14(2)18-21-17(13)19-22(20,15-9-5-3-6-10-15)16-11-7-4-8-12-16/h3-12H,1-2H3,(H,19,20). The zero-order valence-corrected chi connectivity index (χ0v) is 13.4. The number of nitrogens with zero attached hydrogens (tertiary/aromatic N) is 1. The molecule has 0 aliphatic heterocycles. The lowest BCUT2D eigenvalue weighted by Gasteiger charge is -2.20. The molecule has 1 heterocycles. The summed E-state index contributed by atoms with van der Waals surface area (Å²) in [5.41, 5.74) is 1.65. The molecule has 3 rings (SSSR count). The summed E-state index contributed by atoms with van der Waals surface area (Å²) in [7, 11) is -3.04. The van der Waals surface area contributed by atoms with Gasteiger partial charge in [-0.05, 0) is 38.1 Å². The van der Waals surface area contributed by atoms with Crippen LogP contribution < -0.4 is 15.7 Å². The summed E-state index contributed by atoms with van der Waals surface area (Å²) in [6.07, 6.45) is 0. The van der Waals surface area contributed by atoms with Gasteiger partial charge in [-0.15, -0.1) is 0 Å². The Bertz CT molecular complexity index is 770. The Hall–Kier alpha value is -2.32. The monoisotopic (exact) mass is 312 g/mol. The van der Waals surface area contributed by atoms with Crippen molar-refractivity contribution >= 4 is 23.8 Å². The topological polar surface area (TPSA) is 55.1 Å². The highest BCUT2D eigenvalue weighted by atomic mass is 31.2. The maximum Gasteiger partial charge on any atom is 0.233 e. The molecule has 0 spiro atoms. The van der Waals surface area contributed by atoms with E-state index in [1.807, 2.05) is 74.5 Å². The van der Waals surface area contributed by atoms with Crippen LogP contribution in [0, 0.1) is 13.8 Å². The molecule has 0 amide bonds. The van der Waals surface area contributed by atoms with E-state index >= 15 is 0 Å². The second-order valence-corrected chi connectivity index (χ2v) is 7.59. The van der Waals surface area contributed by atoms with E-state index in [2.05, 4.69) is 10.2 Å². The van der Waals surface area contributed by atoms with Crippen LogP contribution in [-0.2, 0) is 4.57 Å². The molecule has 0 saturated carbocycles. The van der Waals surface area contributed by atoms with Gasteiger partial charge in [0.25, 0.3) is 0 Å². The van der Waals surface area contributed by atoms with E-state index in [9.17, 15) is 4.57 Å². The largest absolute Gasteiger partial charge is 0.338 e. The first-order valence-electron chi connectivity index (χ1n) is 7.04. The van der Waals surface area contributed by atoms with Crippen LogP contribution >= 0.6 is 7.29 Å². The Morgan fingerprint density at radius 2 is 1.41 bits per heavy atom. The molecule has 0 radical (unpaired) electrons. The number of hydrogen-bond donors (Lipinski definition) is 1. The lowest BCUT2D eigenvalue weighted by Crippen LogP contribution is -2.21. The molecule has 112 valence electrons. The second kappa shape index (κ2) is 5.82. The van der Waals surface area contributed by atoms with Crippen LogP contribution in [0.3, 0.4) is 0 Å². The van der Waals surface area contributed by atoms with Gasteiger partial charge in [-0.1, -0.05) is 41.6 Å². The Balaban J connectivity index is 2.12. The van der Waals surface area contributed by atoms with Crippen LogP contribution in [0.5, 0.6) is 0 Å². The van der Waals surface area contributed by atoms with Gasteiger partial charge in [0.05, 0.1) is 5.69 Å². The van der Waals surface area contributed by atoms with Gasteiger partial charge in [0.1, 0.15) is 0 Å². The summed E-state index contributed by atoms with van der Waals surface area (Å²) in [5, 5.41) is 8.49. The molecule has 0 aliphatic rings. The number of aryl methyl sites for hydroxylation is 1. The minimum Gasteiger partial charge on any atom is -0.338 e. The van der Waals surface area contributed by atoms with Gasteiger partial charge in [0.15, 0.2) is 0 Å². The third-order valence-corrected chi connectivity index (χ3v) is 6.22. The highest BCUT2D eigenvalue weighted by Gasteiger charge is 2.29. The molecule has 0 bridgehead atoms. The van der Waals surface area contributed by atoms with Crippen LogP contribution in [0.4, 0.5) is 5.88 Å². The van der Waals surface area contributed by atoms with Crippen molar-refractivity contribution in [1.82, 2.24) is 5.16 Å². The first-order chi connectivity index (χ1) is 10.6. The van der Waals surface area contributed by atoms with Crippen LogP contribution in [0.25, 0.3) is 0 Å². The molecular weight excluding hydrogens is 295 g/mol. The van der Waals surface area contributed by atoms with E-state index in [4.69, 9.17) is 4.52 Å². The van der Waals surface area contributed by atoms with Gasteiger partial charge in [0, 0.05) is 16.2 Å². The molecule has 0 atom stereocenters. The van der Waals surface area contributed by atoms with E-state index in [-0.39, 0.29) is 0 Å². The molecule has 0 aliphatic carbocycles. The number of nitrogens with one attached hydrogen (secondary N) is 1. The maximum atomic E-state index is 13.7. The Kier molecular flexibility index (Phi) is 3.86. The highest BCUT2D eigenvalue weighted by Crippen LogP contribution is 2.44. The first-order valence-corrected chi connectivity index (χ1v) is 8.74. The minimum atomic E-state index is -3.04. The van der Waals surface area contributed by atoms with Crippen molar-refractivity contribution in [3.05, 3.63) is 71.9 Å². The summed E-state index contributed by atoms with van der Waals surface area (Å²) in [5.74, 6) is 0.452. The molecule has 1 N–H and O–H groups in total. The van der Waals surface area contributed by atoms with E-state index in [0.29, 0.717) is 5.88 Å². The predicted octanol–water partition coefficient (Wildman–Crippen LogP) is 3.63. The lowest BCUT2D eigenvalue weighted by atomic mass is 10.3. The summed E-state index contributed by atoms with van der Waals surface area (Å²) in [6.45, 7) is 3.76. The number of anilines is 1. The van der Waals surface area contributed by atoms with Crippen molar-refractivity contribution in [2.75, 3.05) is 5.09 Å². The predicted molar refractivity (Wildman–Crippen MR) is 89.4 cm³/mol. The first kappa shape index (κ1) is 14.6. The second-order valence-electron chi connectivity index (χ2n) is 5.11. The number of hydrogen-bond acceptors (Lipinski definition) is 3. The molecule has 0 saturated heterocycles. The fourth-order valence-corrected chi connectivity index (χ4v) is 4.45. The summed E-state index contributed by atoms with van der Waals surface area (Å²) in [4.78, 5) is 0. The SMILES string of the molecule is Cc1noc(NP(=O)(c2ccccc2)c2ccccc2)c1C. The lowest BCUT2D eigenvalue weighted by molar-refractivity contribution is 0.430. The Morgan fingerprint density at radius 1 is 0.909 bits per heavy atom. The summed E-state index contributed by atoms with van der Waals surface area (Å²) in [6, 6.07) is 18.8. The molecule has 2 aromatic carbocycles. The smallest absolute Gasteiger partial charge is 0.233 e. The molecular formula is C17H17N2O2P. The third-order valence-electron chi connectivity index (χ3n) is 3.66. The quantitative estimate of drug-likeness (QED) is 0.747. The van der Waals surface area contributed by atoms with Crippen molar-refractivity contribution < 1.29 is 9.09 Å². The van der Waals surface area contributed by atoms with Gasteiger partial charge in [-0.3, -0.25) is 9.65 Å². The number of rotatable bonds is 4. The van der Waals surface area contributed by atoms with Gasteiger partial charge in [-0.25, -0.2) is 0 Å². The normalized spacial score (nSPS) is 11.4. The summed E-state index contributed by atoms with van der Waals surface area (Å²) < 4.78 is 19.0. The fourth-order valence-electron chi connectivity index (χ4n) is 2.22. The van der Waals surface area contributed by atoms with E-state index in [1.54, 1.807) is 0 Å². The van der Waals surface area contributed by atoms with Crippen molar-refractivity contribution in [2.24, 2.45) is 0 Å². The van der Waals surface area contributed by atoms with Gasteiger partial charge in [-0.2, -0.15) is 0 Å². The maximum absolute atomic E-state index is 13.7. The fraction of sp³-hybridized carbons (Fsp3) is 0.118. The van der Waals surface area contributed by atoms with E-state index in [0.717, 1.165) is 21.9 Å². The van der Waals surface area contributed by atoms with Crippen LogP contribution in [-0.4, -0.2) is 5.16 Å². The van der Waals surface area contributed by atoms with Crippen molar-refractivity contribution in [3.63, 3.8) is 0 Å². The molecule has 5 heteroatoms. The Labute approximate surface area is 129 Å².